The van der Waals surface area contributed by atoms with Gasteiger partial charge in [0.05, 0.1) is 49.1 Å². The van der Waals surface area contributed by atoms with Gasteiger partial charge in [0.25, 0.3) is 0 Å². The minimum absolute atomic E-state index is 0.236. The standard InChI is InChI=1S/C33H33N5O3/c1-4-27-26-22-37(33(39)34-28-17-9-10-19-30(28)41-5-2)31(23-13-11-16-25(21-23)40-3)29-18-12-20-36(29)32(26)38(35-27)24-14-7-6-8-15-24/h6-21,31H,4-5,22H2,1-3H3,(H,34,39)/t31-/m1/s1. The summed E-state index contributed by atoms with van der Waals surface area (Å²) in [5.41, 5.74) is 5.43. The van der Waals surface area contributed by atoms with Crippen LogP contribution in [0.4, 0.5) is 10.5 Å². The lowest BCUT2D eigenvalue weighted by Crippen LogP contribution is -2.38. The Morgan fingerprint density at radius 1 is 0.976 bits per heavy atom. The molecule has 41 heavy (non-hydrogen) atoms. The number of para-hydroxylation sites is 3. The Morgan fingerprint density at radius 3 is 2.56 bits per heavy atom. The van der Waals surface area contributed by atoms with Crippen LogP contribution in [0.2, 0.25) is 0 Å². The van der Waals surface area contributed by atoms with Gasteiger partial charge >= 0.3 is 6.03 Å². The molecule has 0 spiro atoms. The van der Waals surface area contributed by atoms with Crippen LogP contribution in [0.1, 0.15) is 42.4 Å². The molecule has 208 valence electrons. The van der Waals surface area contributed by atoms with Gasteiger partial charge in [-0.05, 0) is 67.4 Å². The van der Waals surface area contributed by atoms with E-state index in [9.17, 15) is 4.79 Å². The molecular formula is C33H33N5O3. The largest absolute Gasteiger partial charge is 0.497 e. The summed E-state index contributed by atoms with van der Waals surface area (Å²) in [6.07, 6.45) is 2.78. The fourth-order valence-corrected chi connectivity index (χ4v) is 5.55. The van der Waals surface area contributed by atoms with Gasteiger partial charge in [-0.1, -0.05) is 49.4 Å². The van der Waals surface area contributed by atoms with E-state index in [0.717, 1.165) is 46.2 Å². The lowest BCUT2D eigenvalue weighted by atomic mass is 10.0. The zero-order chi connectivity index (χ0) is 28.3. The van der Waals surface area contributed by atoms with E-state index in [-0.39, 0.29) is 6.03 Å². The minimum Gasteiger partial charge on any atom is -0.497 e. The topological polar surface area (TPSA) is 73.5 Å². The number of rotatable bonds is 7. The highest BCUT2D eigenvalue weighted by atomic mass is 16.5. The molecule has 8 nitrogen and oxygen atoms in total. The molecule has 0 saturated heterocycles. The highest BCUT2D eigenvalue weighted by molar-refractivity contribution is 5.91. The predicted octanol–water partition coefficient (Wildman–Crippen LogP) is 6.77. The van der Waals surface area contributed by atoms with E-state index in [4.69, 9.17) is 14.6 Å². The number of nitrogens with one attached hydrogen (secondary N) is 1. The van der Waals surface area contributed by atoms with Gasteiger partial charge in [-0.2, -0.15) is 5.10 Å². The van der Waals surface area contributed by atoms with Gasteiger partial charge in [0, 0.05) is 11.8 Å². The maximum Gasteiger partial charge on any atom is 0.323 e. The number of aryl methyl sites for hydroxylation is 1. The number of carbonyl (C=O) groups excluding carboxylic acids is 1. The molecule has 3 heterocycles. The first kappa shape index (κ1) is 26.3. The smallest absolute Gasteiger partial charge is 0.323 e. The van der Waals surface area contributed by atoms with Crippen molar-refractivity contribution in [2.45, 2.75) is 32.9 Å². The number of anilines is 1. The van der Waals surface area contributed by atoms with Crippen molar-refractivity contribution in [3.05, 3.63) is 120 Å². The van der Waals surface area contributed by atoms with Crippen molar-refractivity contribution in [3.8, 4) is 23.0 Å². The van der Waals surface area contributed by atoms with E-state index in [1.807, 2.05) is 95.5 Å². The molecular weight excluding hydrogens is 514 g/mol. The Bertz CT molecular complexity index is 1670. The van der Waals surface area contributed by atoms with E-state index < -0.39 is 6.04 Å². The molecule has 2 aromatic heterocycles. The first-order valence-electron chi connectivity index (χ1n) is 13.9. The zero-order valence-corrected chi connectivity index (χ0v) is 23.4. The van der Waals surface area contributed by atoms with Gasteiger partial charge < -0.3 is 24.3 Å². The van der Waals surface area contributed by atoms with Crippen LogP contribution in [-0.4, -0.2) is 39.0 Å². The number of hydrogen-bond donors (Lipinski definition) is 1. The number of hydrogen-bond acceptors (Lipinski definition) is 4. The molecule has 1 aliphatic rings. The van der Waals surface area contributed by atoms with Crippen molar-refractivity contribution in [1.82, 2.24) is 19.2 Å². The van der Waals surface area contributed by atoms with E-state index in [2.05, 4.69) is 35.0 Å². The molecule has 1 N–H and O–H groups in total. The summed E-state index contributed by atoms with van der Waals surface area (Å²) in [7, 11) is 1.65. The second-order valence-electron chi connectivity index (χ2n) is 9.82. The minimum atomic E-state index is -0.402. The summed E-state index contributed by atoms with van der Waals surface area (Å²) in [6.45, 7) is 4.89. The third-order valence-corrected chi connectivity index (χ3v) is 7.40. The van der Waals surface area contributed by atoms with Gasteiger partial charge in [0.15, 0.2) is 0 Å². The van der Waals surface area contributed by atoms with E-state index in [1.54, 1.807) is 7.11 Å². The molecule has 3 aromatic carbocycles. The summed E-state index contributed by atoms with van der Waals surface area (Å²) in [5, 5.41) is 8.18. The number of carbonyl (C=O) groups is 1. The van der Waals surface area contributed by atoms with Crippen molar-refractivity contribution in [2.75, 3.05) is 19.0 Å². The molecule has 2 amide bonds. The number of nitrogens with zero attached hydrogens (tertiary/aromatic N) is 4. The summed E-state index contributed by atoms with van der Waals surface area (Å²) in [5.74, 6) is 2.30. The Hall–Kier alpha value is -4.98. The van der Waals surface area contributed by atoms with Crippen LogP contribution in [0, 0.1) is 0 Å². The number of benzene rings is 3. The quantitative estimate of drug-likeness (QED) is 0.244. The van der Waals surface area contributed by atoms with Crippen LogP contribution in [0.5, 0.6) is 11.5 Å². The Kier molecular flexibility index (Phi) is 7.20. The average molecular weight is 548 g/mol. The number of urea groups is 1. The van der Waals surface area contributed by atoms with Gasteiger partial charge in [-0.25, -0.2) is 9.48 Å². The second kappa shape index (κ2) is 11.3. The highest BCUT2D eigenvalue weighted by Gasteiger charge is 2.36. The molecule has 0 unspecified atom stereocenters. The molecule has 0 aliphatic carbocycles. The Balaban J connectivity index is 1.54. The van der Waals surface area contributed by atoms with Crippen LogP contribution in [0.15, 0.2) is 97.2 Å². The van der Waals surface area contributed by atoms with Crippen molar-refractivity contribution >= 4 is 11.7 Å². The maximum atomic E-state index is 14.3. The molecule has 1 aliphatic heterocycles. The monoisotopic (exact) mass is 547 g/mol. The molecule has 0 fully saturated rings. The highest BCUT2D eigenvalue weighted by Crippen LogP contribution is 2.40. The van der Waals surface area contributed by atoms with Crippen molar-refractivity contribution in [2.24, 2.45) is 0 Å². The van der Waals surface area contributed by atoms with Crippen LogP contribution in [0.25, 0.3) is 11.5 Å². The van der Waals surface area contributed by atoms with Crippen LogP contribution >= 0.6 is 0 Å². The van der Waals surface area contributed by atoms with Crippen LogP contribution in [-0.2, 0) is 13.0 Å². The molecule has 5 aromatic rings. The molecule has 0 saturated carbocycles. The first-order valence-corrected chi connectivity index (χ1v) is 13.9. The van der Waals surface area contributed by atoms with E-state index in [1.165, 1.54) is 0 Å². The first-order chi connectivity index (χ1) is 20.1. The molecule has 8 heteroatoms. The molecule has 1 atom stereocenters. The number of amides is 2. The lowest BCUT2D eigenvalue weighted by molar-refractivity contribution is 0.194. The summed E-state index contributed by atoms with van der Waals surface area (Å²) in [6, 6.07) is 29.0. The SMILES string of the molecule is CCOc1ccccc1NC(=O)N1Cc2c(CC)nn(-c3ccccc3)c2-n2cccc2[C@H]1c1cccc(OC)c1. The number of fused-ring (bicyclic) bond motifs is 3. The third-order valence-electron chi connectivity index (χ3n) is 7.40. The summed E-state index contributed by atoms with van der Waals surface area (Å²) < 4.78 is 15.6. The van der Waals surface area contributed by atoms with Crippen molar-refractivity contribution in [1.29, 1.82) is 0 Å². The maximum absolute atomic E-state index is 14.3. The third kappa shape index (κ3) is 4.82. The normalized spacial score (nSPS) is 14.1. The average Bonchev–Trinajstić information content (AvgIpc) is 3.59. The number of ether oxygens (including phenoxy) is 2. The number of methoxy groups -OCH3 is 1. The van der Waals surface area contributed by atoms with Gasteiger partial charge in [0.1, 0.15) is 17.3 Å². The van der Waals surface area contributed by atoms with E-state index in [0.29, 0.717) is 24.6 Å². The summed E-state index contributed by atoms with van der Waals surface area (Å²) >= 11 is 0. The fraction of sp³-hybridized carbons (Fsp3) is 0.212. The predicted molar refractivity (Wildman–Crippen MR) is 159 cm³/mol. The zero-order valence-electron chi connectivity index (χ0n) is 23.4. The lowest BCUT2D eigenvalue weighted by Gasteiger charge is -2.31. The van der Waals surface area contributed by atoms with Crippen LogP contribution < -0.4 is 14.8 Å². The second-order valence-corrected chi connectivity index (χ2v) is 9.82. The fourth-order valence-electron chi connectivity index (χ4n) is 5.55. The molecule has 6 rings (SSSR count). The van der Waals surface area contributed by atoms with Crippen molar-refractivity contribution in [3.63, 3.8) is 0 Å². The van der Waals surface area contributed by atoms with Gasteiger partial charge in [0.2, 0.25) is 0 Å². The van der Waals surface area contributed by atoms with E-state index >= 15 is 0 Å². The van der Waals surface area contributed by atoms with Gasteiger partial charge in [-0.15, -0.1) is 0 Å². The van der Waals surface area contributed by atoms with Crippen LogP contribution in [0.3, 0.4) is 0 Å². The Morgan fingerprint density at radius 2 is 1.78 bits per heavy atom. The van der Waals surface area contributed by atoms with Crippen molar-refractivity contribution < 1.29 is 14.3 Å². The number of aromatic nitrogens is 3. The molecule has 0 bridgehead atoms. The molecule has 0 radical (unpaired) electrons. The Labute approximate surface area is 239 Å². The summed E-state index contributed by atoms with van der Waals surface area (Å²) in [4.78, 5) is 16.2. The van der Waals surface area contributed by atoms with Gasteiger partial charge in [-0.3, -0.25) is 0 Å².